The second-order valence-electron chi connectivity index (χ2n) is 6.27. The Morgan fingerprint density at radius 1 is 1.21 bits per heavy atom. The number of urea groups is 1. The highest BCUT2D eigenvalue weighted by molar-refractivity contribution is 9.11. The number of nitrogens with one attached hydrogen (secondary N) is 2. The van der Waals surface area contributed by atoms with Crippen LogP contribution in [0.25, 0.3) is 6.08 Å². The number of amides is 4. The standard InChI is InChI=1S/C20H17Br2N3O4/c1-2-12-5-3-4-6-15(12)23-17(26)10-25-19(28)16(24-20(25)29)9-11-7-13(21)18(27)14(22)8-11/h3-9,27H,2,10H2,1H3,(H,23,26)(H,24,29)/b16-9+. The number of hydrogen-bond donors (Lipinski definition) is 3. The van der Waals surface area contributed by atoms with Gasteiger partial charge in [0.05, 0.1) is 8.95 Å². The highest BCUT2D eigenvalue weighted by atomic mass is 79.9. The topological polar surface area (TPSA) is 98.7 Å². The molecule has 0 bridgehead atoms. The minimum Gasteiger partial charge on any atom is -0.506 e. The molecule has 29 heavy (non-hydrogen) atoms. The summed E-state index contributed by atoms with van der Waals surface area (Å²) in [6, 6.07) is 9.89. The molecule has 150 valence electrons. The van der Waals surface area contributed by atoms with Crippen LogP contribution in [0.15, 0.2) is 51.0 Å². The maximum atomic E-state index is 12.6. The van der Waals surface area contributed by atoms with Gasteiger partial charge in [0.25, 0.3) is 5.91 Å². The molecule has 3 rings (SSSR count). The molecule has 3 N–H and O–H groups in total. The first-order valence-electron chi connectivity index (χ1n) is 8.70. The van der Waals surface area contributed by atoms with Crippen molar-refractivity contribution in [1.29, 1.82) is 0 Å². The van der Waals surface area contributed by atoms with E-state index in [4.69, 9.17) is 0 Å². The number of carbonyl (C=O) groups excluding carboxylic acids is 3. The second-order valence-corrected chi connectivity index (χ2v) is 7.98. The molecule has 0 unspecified atom stereocenters. The van der Waals surface area contributed by atoms with Gasteiger partial charge < -0.3 is 15.7 Å². The summed E-state index contributed by atoms with van der Waals surface area (Å²) >= 11 is 6.43. The van der Waals surface area contributed by atoms with Crippen molar-refractivity contribution in [3.8, 4) is 5.75 Å². The van der Waals surface area contributed by atoms with Crippen LogP contribution in [0.1, 0.15) is 18.1 Å². The zero-order valence-electron chi connectivity index (χ0n) is 15.3. The summed E-state index contributed by atoms with van der Waals surface area (Å²) in [6.45, 7) is 1.57. The summed E-state index contributed by atoms with van der Waals surface area (Å²) in [5, 5.41) is 15.0. The van der Waals surface area contributed by atoms with Crippen LogP contribution >= 0.6 is 31.9 Å². The van der Waals surface area contributed by atoms with Crippen molar-refractivity contribution >= 4 is 61.5 Å². The van der Waals surface area contributed by atoms with Crippen LogP contribution in [-0.4, -0.2) is 34.4 Å². The lowest BCUT2D eigenvalue weighted by Crippen LogP contribution is -2.38. The molecule has 0 saturated carbocycles. The van der Waals surface area contributed by atoms with Crippen molar-refractivity contribution in [2.45, 2.75) is 13.3 Å². The van der Waals surface area contributed by atoms with Gasteiger partial charge in [-0.3, -0.25) is 9.59 Å². The molecule has 0 radical (unpaired) electrons. The maximum absolute atomic E-state index is 12.6. The van der Waals surface area contributed by atoms with Crippen molar-refractivity contribution in [2.24, 2.45) is 0 Å². The predicted molar refractivity (Wildman–Crippen MR) is 116 cm³/mol. The molecule has 1 aliphatic heterocycles. The molecule has 1 saturated heterocycles. The summed E-state index contributed by atoms with van der Waals surface area (Å²) in [4.78, 5) is 38.0. The number of benzene rings is 2. The van der Waals surface area contributed by atoms with Crippen LogP contribution < -0.4 is 10.6 Å². The highest BCUT2D eigenvalue weighted by Crippen LogP contribution is 2.34. The van der Waals surface area contributed by atoms with Crippen LogP contribution in [0, 0.1) is 0 Å². The van der Waals surface area contributed by atoms with E-state index in [2.05, 4.69) is 42.5 Å². The third-order valence-corrected chi connectivity index (χ3v) is 5.50. The molecule has 7 nitrogen and oxygen atoms in total. The first kappa shape index (κ1) is 21.1. The number of phenols is 1. The normalized spacial score (nSPS) is 15.0. The lowest BCUT2D eigenvalue weighted by atomic mass is 10.1. The molecule has 0 spiro atoms. The number of imide groups is 1. The minimum absolute atomic E-state index is 0.0274. The van der Waals surface area contributed by atoms with E-state index >= 15 is 0 Å². The second kappa shape index (κ2) is 8.79. The van der Waals surface area contributed by atoms with E-state index in [0.717, 1.165) is 16.9 Å². The number of nitrogens with zero attached hydrogens (tertiary/aromatic N) is 1. The number of anilines is 1. The Hall–Kier alpha value is -2.65. The quantitative estimate of drug-likeness (QED) is 0.408. The molecule has 1 aliphatic rings. The molecule has 0 atom stereocenters. The number of aromatic hydroxyl groups is 1. The fraction of sp³-hybridized carbons (Fsp3) is 0.150. The van der Waals surface area contributed by atoms with Gasteiger partial charge in [0.2, 0.25) is 5.91 Å². The average molecular weight is 523 g/mol. The van der Waals surface area contributed by atoms with Crippen LogP contribution in [0.3, 0.4) is 0 Å². The number of carbonyl (C=O) groups is 3. The Morgan fingerprint density at radius 3 is 2.52 bits per heavy atom. The molecule has 1 fully saturated rings. The lowest BCUT2D eigenvalue weighted by molar-refractivity contribution is -0.127. The van der Waals surface area contributed by atoms with Gasteiger partial charge in [-0.2, -0.15) is 0 Å². The Morgan fingerprint density at radius 2 is 1.86 bits per heavy atom. The van der Waals surface area contributed by atoms with E-state index in [9.17, 15) is 19.5 Å². The summed E-state index contributed by atoms with van der Waals surface area (Å²) < 4.78 is 0.864. The van der Waals surface area contributed by atoms with Crippen molar-refractivity contribution < 1.29 is 19.5 Å². The number of halogens is 2. The maximum Gasteiger partial charge on any atom is 0.329 e. The highest BCUT2D eigenvalue weighted by Gasteiger charge is 2.35. The first-order chi connectivity index (χ1) is 13.8. The van der Waals surface area contributed by atoms with Crippen LogP contribution in [0.5, 0.6) is 5.75 Å². The Labute approximate surface area is 184 Å². The lowest BCUT2D eigenvalue weighted by Gasteiger charge is -2.13. The van der Waals surface area contributed by atoms with Crippen LogP contribution in [0.2, 0.25) is 0 Å². The number of rotatable bonds is 5. The van der Waals surface area contributed by atoms with Crippen molar-refractivity contribution in [1.82, 2.24) is 10.2 Å². The van der Waals surface area contributed by atoms with Gasteiger partial charge in [0, 0.05) is 5.69 Å². The molecule has 0 aromatic heterocycles. The van der Waals surface area contributed by atoms with E-state index in [1.165, 1.54) is 6.08 Å². The van der Waals surface area contributed by atoms with Gasteiger partial charge in [0.15, 0.2) is 0 Å². The van der Waals surface area contributed by atoms with E-state index in [0.29, 0.717) is 20.2 Å². The molecule has 2 aromatic rings. The Kier molecular flexibility index (Phi) is 6.39. The Bertz CT molecular complexity index is 1010. The zero-order valence-corrected chi connectivity index (χ0v) is 18.5. The molecular formula is C20H17Br2N3O4. The SMILES string of the molecule is CCc1ccccc1NC(=O)CN1C(=O)N/C(=C/c2cc(Br)c(O)c(Br)c2)C1=O. The van der Waals surface area contributed by atoms with Crippen LogP contribution in [0.4, 0.5) is 10.5 Å². The van der Waals surface area contributed by atoms with E-state index in [1.807, 2.05) is 19.1 Å². The fourth-order valence-electron chi connectivity index (χ4n) is 2.83. The van der Waals surface area contributed by atoms with Crippen molar-refractivity contribution in [3.05, 3.63) is 62.2 Å². The molecule has 1 heterocycles. The van der Waals surface area contributed by atoms with Gasteiger partial charge in [-0.15, -0.1) is 0 Å². The number of aryl methyl sites for hydroxylation is 1. The molecular weight excluding hydrogens is 506 g/mol. The Balaban J connectivity index is 1.74. The minimum atomic E-state index is -0.669. The van der Waals surface area contributed by atoms with Crippen molar-refractivity contribution in [2.75, 3.05) is 11.9 Å². The fourth-order valence-corrected chi connectivity index (χ4v) is 4.06. The van der Waals surface area contributed by atoms with Crippen molar-refractivity contribution in [3.63, 3.8) is 0 Å². The monoisotopic (exact) mass is 521 g/mol. The smallest absolute Gasteiger partial charge is 0.329 e. The molecule has 9 heteroatoms. The molecule has 0 aliphatic carbocycles. The van der Waals surface area contributed by atoms with Gasteiger partial charge in [0.1, 0.15) is 18.0 Å². The van der Waals surface area contributed by atoms with E-state index in [-0.39, 0.29) is 11.4 Å². The summed E-state index contributed by atoms with van der Waals surface area (Å²) in [5.74, 6) is -1.04. The van der Waals surface area contributed by atoms with Gasteiger partial charge >= 0.3 is 6.03 Å². The number of para-hydroxylation sites is 1. The van der Waals surface area contributed by atoms with E-state index < -0.39 is 24.4 Å². The van der Waals surface area contributed by atoms with E-state index in [1.54, 1.807) is 24.3 Å². The zero-order chi connectivity index (χ0) is 21.1. The average Bonchev–Trinajstić information content (AvgIpc) is 2.93. The first-order valence-corrected chi connectivity index (χ1v) is 10.3. The summed E-state index contributed by atoms with van der Waals surface area (Å²) in [6.07, 6.45) is 2.21. The summed E-state index contributed by atoms with van der Waals surface area (Å²) in [7, 11) is 0. The largest absolute Gasteiger partial charge is 0.506 e. The van der Waals surface area contributed by atoms with Gasteiger partial charge in [-0.25, -0.2) is 9.69 Å². The van der Waals surface area contributed by atoms with Crippen LogP contribution in [-0.2, 0) is 16.0 Å². The third-order valence-electron chi connectivity index (χ3n) is 4.29. The third kappa shape index (κ3) is 4.68. The van der Waals surface area contributed by atoms with Gasteiger partial charge in [-0.1, -0.05) is 25.1 Å². The molecule has 2 aromatic carbocycles. The predicted octanol–water partition coefficient (Wildman–Crippen LogP) is 4.01. The molecule has 4 amide bonds. The number of phenolic OH excluding ortho intramolecular Hbond substituents is 1. The summed E-state index contributed by atoms with van der Waals surface area (Å²) in [5.41, 5.74) is 2.23. The van der Waals surface area contributed by atoms with Gasteiger partial charge in [-0.05, 0) is 73.7 Å². The number of hydrogen-bond acceptors (Lipinski definition) is 4.